The van der Waals surface area contributed by atoms with Crippen molar-refractivity contribution in [2.24, 2.45) is 5.73 Å². The SMILES string of the molecule is CCC(C)OC(=O)c1ccc(Cl)c(NC(N)=O)c1. The monoisotopic (exact) mass is 270 g/mol. The number of nitrogens with one attached hydrogen (secondary N) is 1. The quantitative estimate of drug-likeness (QED) is 0.826. The van der Waals surface area contributed by atoms with Gasteiger partial charge in [0.15, 0.2) is 0 Å². The van der Waals surface area contributed by atoms with E-state index in [0.29, 0.717) is 10.6 Å². The van der Waals surface area contributed by atoms with E-state index >= 15 is 0 Å². The molecular formula is C12H15ClN2O3. The molecule has 3 N–H and O–H groups in total. The number of anilines is 1. The predicted molar refractivity (Wildman–Crippen MR) is 69.8 cm³/mol. The van der Waals surface area contributed by atoms with E-state index in [4.69, 9.17) is 22.1 Å². The summed E-state index contributed by atoms with van der Waals surface area (Å²) in [5, 5.41) is 2.63. The molecular weight excluding hydrogens is 256 g/mol. The number of rotatable bonds is 4. The number of halogens is 1. The highest BCUT2D eigenvalue weighted by atomic mass is 35.5. The second-order valence-electron chi connectivity index (χ2n) is 3.81. The summed E-state index contributed by atoms with van der Waals surface area (Å²) < 4.78 is 5.16. The van der Waals surface area contributed by atoms with Gasteiger partial charge in [-0.25, -0.2) is 9.59 Å². The topological polar surface area (TPSA) is 81.4 Å². The third kappa shape index (κ3) is 3.92. The van der Waals surface area contributed by atoms with Crippen molar-refractivity contribution in [3.8, 4) is 0 Å². The van der Waals surface area contributed by atoms with Crippen molar-refractivity contribution in [3.63, 3.8) is 0 Å². The number of esters is 1. The molecule has 0 fully saturated rings. The van der Waals surface area contributed by atoms with Gasteiger partial charge in [0.2, 0.25) is 0 Å². The number of urea groups is 1. The number of primary amides is 1. The molecule has 6 heteroatoms. The summed E-state index contributed by atoms with van der Waals surface area (Å²) in [6.45, 7) is 3.72. The summed E-state index contributed by atoms with van der Waals surface area (Å²) in [6, 6.07) is 3.71. The number of ether oxygens (including phenoxy) is 1. The Morgan fingerprint density at radius 3 is 2.72 bits per heavy atom. The van der Waals surface area contributed by atoms with Crippen molar-refractivity contribution >= 4 is 29.3 Å². The standard InChI is InChI=1S/C12H15ClN2O3/c1-3-7(2)18-11(16)8-4-5-9(13)10(6-8)15-12(14)17/h4-7H,3H2,1-2H3,(H3,14,15,17). The molecule has 0 radical (unpaired) electrons. The Morgan fingerprint density at radius 2 is 2.17 bits per heavy atom. The van der Waals surface area contributed by atoms with E-state index in [1.807, 2.05) is 6.92 Å². The van der Waals surface area contributed by atoms with E-state index in [9.17, 15) is 9.59 Å². The lowest BCUT2D eigenvalue weighted by atomic mass is 10.2. The number of nitrogens with two attached hydrogens (primary N) is 1. The third-order valence-electron chi connectivity index (χ3n) is 2.34. The Kier molecular flexibility index (Phi) is 4.97. The molecule has 0 saturated heterocycles. The van der Waals surface area contributed by atoms with Gasteiger partial charge in [-0.3, -0.25) is 0 Å². The van der Waals surface area contributed by atoms with Crippen LogP contribution in [0.25, 0.3) is 0 Å². The largest absolute Gasteiger partial charge is 0.459 e. The van der Waals surface area contributed by atoms with Crippen molar-refractivity contribution in [3.05, 3.63) is 28.8 Å². The number of hydrogen-bond donors (Lipinski definition) is 2. The maximum absolute atomic E-state index is 11.8. The summed E-state index contributed by atoms with van der Waals surface area (Å²) in [5.41, 5.74) is 5.59. The molecule has 2 amide bonds. The molecule has 1 atom stereocenters. The van der Waals surface area contributed by atoms with Gasteiger partial charge in [-0.05, 0) is 31.5 Å². The normalized spacial score (nSPS) is 11.7. The van der Waals surface area contributed by atoms with Crippen LogP contribution in [0.3, 0.4) is 0 Å². The zero-order chi connectivity index (χ0) is 13.7. The van der Waals surface area contributed by atoms with Gasteiger partial charge in [-0.2, -0.15) is 0 Å². The highest BCUT2D eigenvalue weighted by molar-refractivity contribution is 6.33. The molecule has 5 nitrogen and oxygen atoms in total. The summed E-state index contributed by atoms with van der Waals surface area (Å²) in [6.07, 6.45) is 0.562. The number of carbonyl (C=O) groups is 2. The van der Waals surface area contributed by atoms with Gasteiger partial charge in [0.25, 0.3) is 0 Å². The molecule has 1 aromatic carbocycles. The number of carbonyl (C=O) groups excluding carboxylic acids is 2. The molecule has 0 bridgehead atoms. The van der Waals surface area contributed by atoms with Crippen molar-refractivity contribution < 1.29 is 14.3 Å². The minimum Gasteiger partial charge on any atom is -0.459 e. The molecule has 0 aliphatic rings. The Balaban J connectivity index is 2.90. The molecule has 1 rings (SSSR count). The van der Waals surface area contributed by atoms with Gasteiger partial charge in [0, 0.05) is 0 Å². The molecule has 0 aliphatic carbocycles. The number of hydrogen-bond acceptors (Lipinski definition) is 3. The van der Waals surface area contributed by atoms with E-state index in [-0.39, 0.29) is 11.8 Å². The average molecular weight is 271 g/mol. The lowest BCUT2D eigenvalue weighted by Gasteiger charge is -2.12. The van der Waals surface area contributed by atoms with Crippen LogP contribution in [-0.2, 0) is 4.74 Å². The number of benzene rings is 1. The van der Waals surface area contributed by atoms with Gasteiger partial charge in [0.05, 0.1) is 22.4 Å². The molecule has 1 aromatic rings. The van der Waals surface area contributed by atoms with Gasteiger partial charge in [-0.15, -0.1) is 0 Å². The van der Waals surface area contributed by atoms with Gasteiger partial charge in [-0.1, -0.05) is 18.5 Å². The first-order chi connectivity index (χ1) is 8.43. The fourth-order valence-corrected chi connectivity index (χ4v) is 1.38. The van der Waals surface area contributed by atoms with E-state index in [1.54, 1.807) is 6.92 Å². The molecule has 0 aromatic heterocycles. The van der Waals surface area contributed by atoms with Crippen LogP contribution in [0.5, 0.6) is 0 Å². The first-order valence-corrected chi connectivity index (χ1v) is 5.88. The van der Waals surface area contributed by atoms with Crippen LogP contribution in [0.15, 0.2) is 18.2 Å². The van der Waals surface area contributed by atoms with Crippen molar-refractivity contribution in [1.29, 1.82) is 0 Å². The second-order valence-corrected chi connectivity index (χ2v) is 4.22. The molecule has 1 unspecified atom stereocenters. The second kappa shape index (κ2) is 6.26. The van der Waals surface area contributed by atoms with Crippen LogP contribution >= 0.6 is 11.6 Å². The minimum absolute atomic E-state index is 0.166. The van der Waals surface area contributed by atoms with Crippen LogP contribution < -0.4 is 11.1 Å². The zero-order valence-corrected chi connectivity index (χ0v) is 11.0. The summed E-state index contributed by atoms with van der Waals surface area (Å²) in [5.74, 6) is -0.464. The highest BCUT2D eigenvalue weighted by Gasteiger charge is 2.13. The first kappa shape index (κ1) is 14.3. The molecule has 18 heavy (non-hydrogen) atoms. The highest BCUT2D eigenvalue weighted by Crippen LogP contribution is 2.23. The maximum Gasteiger partial charge on any atom is 0.338 e. The Hall–Kier alpha value is -1.75. The van der Waals surface area contributed by atoms with E-state index in [2.05, 4.69) is 5.32 Å². The summed E-state index contributed by atoms with van der Waals surface area (Å²) in [4.78, 5) is 22.5. The summed E-state index contributed by atoms with van der Waals surface area (Å²) in [7, 11) is 0. The third-order valence-corrected chi connectivity index (χ3v) is 2.67. The molecule has 0 heterocycles. The Bertz CT molecular complexity index is 463. The molecule has 98 valence electrons. The molecule has 0 aliphatic heterocycles. The average Bonchev–Trinajstić information content (AvgIpc) is 2.31. The van der Waals surface area contributed by atoms with Crippen molar-refractivity contribution in [2.45, 2.75) is 26.4 Å². The van der Waals surface area contributed by atoms with Crippen LogP contribution in [0, 0.1) is 0 Å². The van der Waals surface area contributed by atoms with Crippen molar-refractivity contribution in [1.82, 2.24) is 0 Å². The van der Waals surface area contributed by atoms with Gasteiger partial charge < -0.3 is 15.8 Å². The van der Waals surface area contributed by atoms with E-state index < -0.39 is 12.0 Å². The minimum atomic E-state index is -0.746. The molecule has 0 saturated carbocycles. The first-order valence-electron chi connectivity index (χ1n) is 5.51. The lowest BCUT2D eigenvalue weighted by molar-refractivity contribution is 0.0334. The van der Waals surface area contributed by atoms with Crippen LogP contribution in [0.1, 0.15) is 30.6 Å². The number of amides is 2. The smallest absolute Gasteiger partial charge is 0.338 e. The van der Waals surface area contributed by atoms with Crippen LogP contribution in [0.4, 0.5) is 10.5 Å². The molecule has 0 spiro atoms. The van der Waals surface area contributed by atoms with E-state index in [1.165, 1.54) is 18.2 Å². The zero-order valence-electron chi connectivity index (χ0n) is 10.2. The predicted octanol–water partition coefficient (Wildman–Crippen LogP) is 2.79. The fourth-order valence-electron chi connectivity index (χ4n) is 1.21. The van der Waals surface area contributed by atoms with Crippen molar-refractivity contribution in [2.75, 3.05) is 5.32 Å². The lowest BCUT2D eigenvalue weighted by Crippen LogP contribution is -2.20. The Labute approximate surface area is 110 Å². The maximum atomic E-state index is 11.8. The summed E-state index contributed by atoms with van der Waals surface area (Å²) >= 11 is 5.86. The van der Waals surface area contributed by atoms with Crippen LogP contribution in [-0.4, -0.2) is 18.1 Å². The van der Waals surface area contributed by atoms with Gasteiger partial charge in [0.1, 0.15) is 0 Å². The van der Waals surface area contributed by atoms with Crippen LogP contribution in [0.2, 0.25) is 5.02 Å². The fraction of sp³-hybridized carbons (Fsp3) is 0.333. The Morgan fingerprint density at radius 1 is 1.50 bits per heavy atom. The van der Waals surface area contributed by atoms with Gasteiger partial charge >= 0.3 is 12.0 Å². The van der Waals surface area contributed by atoms with E-state index in [0.717, 1.165) is 6.42 Å².